The third kappa shape index (κ3) is 2.38. The Balaban J connectivity index is 2.24. The Morgan fingerprint density at radius 3 is 1.90 bits per heavy atom. The number of likely N-dealkylation sites (tertiary alicyclic amines) is 1. The Labute approximate surface area is 185 Å². The Bertz CT molecular complexity index is 939. The minimum Gasteiger partial charge on any atom is -0.361 e. The van der Waals surface area contributed by atoms with Gasteiger partial charge in [0.1, 0.15) is 74.1 Å². The van der Waals surface area contributed by atoms with Gasteiger partial charge in [0.05, 0.1) is 16.7 Å². The first-order chi connectivity index (χ1) is 13.0. The van der Waals surface area contributed by atoms with Gasteiger partial charge in [-0.05, 0) is 39.3 Å². The summed E-state index contributed by atoms with van der Waals surface area (Å²) in [5.74, 6) is -0.784. The first kappa shape index (κ1) is 22.6. The largest absolute Gasteiger partial charge is 0.361 e. The molecule has 0 bridgehead atoms. The molecule has 2 saturated heterocycles. The van der Waals surface area contributed by atoms with Crippen LogP contribution in [0.5, 0.6) is 0 Å². The zero-order chi connectivity index (χ0) is 22.4. The highest BCUT2D eigenvalue weighted by Crippen LogP contribution is 2.75. The van der Waals surface area contributed by atoms with Gasteiger partial charge in [0.25, 0.3) is 5.91 Å². The number of carbonyl (C=O) groups excluding carboxylic acids is 1. The minimum absolute atomic E-state index is 0.0824. The van der Waals surface area contributed by atoms with Crippen molar-refractivity contribution in [2.75, 3.05) is 0 Å². The van der Waals surface area contributed by atoms with Crippen molar-refractivity contribution in [3.05, 3.63) is 34.6 Å². The number of hydrogen-bond acceptors (Lipinski definition) is 3. The molecule has 0 radical (unpaired) electrons. The lowest BCUT2D eigenvalue weighted by molar-refractivity contribution is 0.0288. The summed E-state index contributed by atoms with van der Waals surface area (Å²) in [5, 5.41) is 7.31. The van der Waals surface area contributed by atoms with E-state index in [-0.39, 0.29) is 10.9 Å². The number of epoxide rings is 1. The molecule has 2 aliphatic rings. The van der Waals surface area contributed by atoms with E-state index in [1.165, 1.54) is 18.2 Å². The maximum absolute atomic E-state index is 13.8. The van der Waals surface area contributed by atoms with Crippen LogP contribution < -0.4 is 0 Å². The van der Waals surface area contributed by atoms with Gasteiger partial charge in [0, 0.05) is 5.56 Å². The summed E-state index contributed by atoms with van der Waals surface area (Å²) in [6, 6.07) is 6.43. The summed E-state index contributed by atoms with van der Waals surface area (Å²) in [5.41, 5.74) is -1.35. The third-order valence-electron chi connectivity index (χ3n) is 8.51. The van der Waals surface area contributed by atoms with Crippen LogP contribution in [0.1, 0.15) is 10.4 Å². The van der Waals surface area contributed by atoms with Gasteiger partial charge in [0.15, 0.2) is 7.85 Å². The van der Waals surface area contributed by atoms with Gasteiger partial charge >= 0.3 is 0 Å². The number of nitriles is 1. The molecule has 2 fully saturated rings. The SMILES string of the molecule is BC1(C#N)OC12C(B)(B)C(B)(B)N(C(=O)c1ccc(F)c(Cl)c1)C(B)(B)C2(B)B. The fourth-order valence-electron chi connectivity index (χ4n) is 6.00. The van der Waals surface area contributed by atoms with Crippen LogP contribution in [0.3, 0.4) is 0 Å². The Morgan fingerprint density at radius 1 is 1.03 bits per heavy atom. The van der Waals surface area contributed by atoms with Gasteiger partial charge in [-0.25, -0.2) is 4.39 Å². The summed E-state index contributed by atoms with van der Waals surface area (Å²) in [4.78, 5) is 15.6. The summed E-state index contributed by atoms with van der Waals surface area (Å²) in [6.45, 7) is 0. The quantitative estimate of drug-likeness (QED) is 0.348. The fourth-order valence-corrected chi connectivity index (χ4v) is 6.18. The molecule has 140 valence electrons. The highest BCUT2D eigenvalue weighted by molar-refractivity contribution is 6.63. The number of benzene rings is 1. The van der Waals surface area contributed by atoms with Crippen LogP contribution in [0.15, 0.2) is 18.2 Å². The number of rotatable bonds is 1. The topological polar surface area (TPSA) is 56.6 Å². The Hall–Kier alpha value is -1.06. The van der Waals surface area contributed by atoms with Crippen molar-refractivity contribution in [2.24, 2.45) is 0 Å². The highest BCUT2D eigenvalue weighted by Gasteiger charge is 2.85. The normalized spacial score (nSPS) is 29.6. The second kappa shape index (κ2) is 6.01. The molecule has 1 spiro atoms. The van der Waals surface area contributed by atoms with Crippen molar-refractivity contribution in [1.82, 2.24) is 4.90 Å². The van der Waals surface area contributed by atoms with Crippen molar-refractivity contribution in [3.63, 3.8) is 0 Å². The lowest BCUT2D eigenvalue weighted by Crippen LogP contribution is -2.83. The van der Waals surface area contributed by atoms with Crippen molar-refractivity contribution in [2.45, 2.75) is 32.2 Å². The molecule has 3 rings (SSSR count). The van der Waals surface area contributed by atoms with Gasteiger partial charge in [-0.3, -0.25) is 4.79 Å². The molecule has 29 heavy (non-hydrogen) atoms. The first-order valence-corrected chi connectivity index (χ1v) is 10.3. The molecule has 2 aliphatic heterocycles. The van der Waals surface area contributed by atoms with Crippen LogP contribution in [0.4, 0.5) is 4.39 Å². The minimum atomic E-state index is -0.942. The van der Waals surface area contributed by atoms with E-state index in [9.17, 15) is 14.4 Å². The van der Waals surface area contributed by atoms with E-state index in [2.05, 4.69) is 37.5 Å². The van der Waals surface area contributed by atoms with E-state index in [0.717, 1.165) is 0 Å². The molecular weight excluding hydrogens is 380 g/mol. The van der Waals surface area contributed by atoms with E-state index in [0.29, 0.717) is 5.56 Å². The second-order valence-electron chi connectivity index (χ2n) is 10.6. The average Bonchev–Trinajstić information content (AvgIpc) is 3.25. The highest BCUT2D eigenvalue weighted by atomic mass is 35.5. The molecule has 15 heteroatoms. The number of carbonyl (C=O) groups is 1. The molecular formula is C14H21B9ClFN2O2. The number of nitrogens with zero attached hydrogens (tertiary/aromatic N) is 2. The number of amides is 1. The number of piperidine rings is 1. The lowest BCUT2D eigenvalue weighted by atomic mass is 9.14. The van der Waals surface area contributed by atoms with Crippen molar-refractivity contribution >= 4 is 88.1 Å². The molecule has 0 N–H and O–H groups in total. The molecule has 1 aromatic carbocycles. The van der Waals surface area contributed by atoms with E-state index in [1.54, 1.807) is 0 Å². The summed E-state index contributed by atoms with van der Waals surface area (Å²) < 4.78 is 20.0. The Morgan fingerprint density at radius 2 is 1.52 bits per heavy atom. The molecule has 1 unspecified atom stereocenters. The van der Waals surface area contributed by atoms with Crippen LogP contribution >= 0.6 is 11.6 Å². The van der Waals surface area contributed by atoms with E-state index >= 15 is 0 Å². The standard InChI is InChI=1S/C14H21B9ClFN2O2/c15-9(4-26)10(29-9)11(16,17)13(20,21)27(14(22,23)12(10,18)19)8(28)5-1-2-7(25)6(24)3-5/h1-3H,15-23H2. The van der Waals surface area contributed by atoms with Gasteiger partial charge in [0.2, 0.25) is 0 Å². The molecule has 0 aliphatic carbocycles. The van der Waals surface area contributed by atoms with Crippen LogP contribution in [-0.4, -0.2) is 103 Å². The van der Waals surface area contributed by atoms with Gasteiger partial charge in [-0.2, -0.15) is 5.26 Å². The van der Waals surface area contributed by atoms with Crippen molar-refractivity contribution in [3.8, 4) is 6.07 Å². The van der Waals surface area contributed by atoms with Crippen LogP contribution in [-0.2, 0) is 4.74 Å². The van der Waals surface area contributed by atoms with Gasteiger partial charge in [-0.1, -0.05) is 11.6 Å². The van der Waals surface area contributed by atoms with Crippen LogP contribution in [0, 0.1) is 17.1 Å². The molecule has 1 amide bonds. The van der Waals surface area contributed by atoms with Crippen LogP contribution in [0.25, 0.3) is 0 Å². The average molecular weight is 401 g/mol. The molecule has 1 aromatic rings. The fraction of sp³-hybridized carbons (Fsp3) is 0.429. The number of ether oxygens (including phenoxy) is 1. The molecule has 4 nitrogen and oxygen atoms in total. The summed E-state index contributed by atoms with van der Waals surface area (Å²) in [7, 11) is 18.1. The van der Waals surface area contributed by atoms with E-state index in [1.807, 2.05) is 44.1 Å². The molecule has 0 aromatic heterocycles. The summed E-state index contributed by atoms with van der Waals surface area (Å²) >= 11 is 5.96. The van der Waals surface area contributed by atoms with Crippen molar-refractivity contribution in [1.29, 1.82) is 5.26 Å². The Kier molecular flexibility index (Phi) is 4.69. The van der Waals surface area contributed by atoms with Gasteiger partial charge in [-0.15, -0.1) is 0 Å². The lowest BCUT2D eigenvalue weighted by Gasteiger charge is -2.72. The predicted molar refractivity (Wildman–Crippen MR) is 137 cm³/mol. The predicted octanol–water partition coefficient (Wildman–Crippen LogP) is -6.84. The third-order valence-corrected chi connectivity index (χ3v) is 8.80. The molecule has 1 atom stereocenters. The first-order valence-electron chi connectivity index (χ1n) is 9.87. The second-order valence-corrected chi connectivity index (χ2v) is 11.0. The smallest absolute Gasteiger partial charge is 0.252 e. The molecule has 2 heterocycles. The zero-order valence-electron chi connectivity index (χ0n) is 18.7. The van der Waals surface area contributed by atoms with E-state index < -0.39 is 38.0 Å². The van der Waals surface area contributed by atoms with Crippen molar-refractivity contribution < 1.29 is 13.9 Å². The summed E-state index contributed by atoms with van der Waals surface area (Å²) in [6.07, 6.45) is 0. The van der Waals surface area contributed by atoms with E-state index in [4.69, 9.17) is 16.3 Å². The van der Waals surface area contributed by atoms with Gasteiger partial charge < -0.3 is 9.64 Å². The monoisotopic (exact) mass is 402 g/mol. The molecule has 0 saturated carbocycles. The maximum atomic E-state index is 13.8. The maximum Gasteiger partial charge on any atom is 0.252 e. The zero-order valence-corrected chi connectivity index (χ0v) is 19.5. The van der Waals surface area contributed by atoms with Crippen LogP contribution in [0.2, 0.25) is 15.5 Å². The number of hydrogen-bond donors (Lipinski definition) is 0. The number of halogens is 2.